The number of anilines is 1. The molecule has 2 aromatic carbocycles. The Balaban J connectivity index is 1.52. The molecule has 1 amide bonds. The van der Waals surface area contributed by atoms with Gasteiger partial charge in [0, 0.05) is 16.3 Å². The minimum Gasteiger partial charge on any atom is -0.296 e. The maximum absolute atomic E-state index is 13.0. The maximum Gasteiger partial charge on any atom is 0.416 e. The number of alkyl halides is 3. The quantitative estimate of drug-likeness (QED) is 0.380. The van der Waals surface area contributed by atoms with Gasteiger partial charge in [-0.15, -0.1) is 16.4 Å². The van der Waals surface area contributed by atoms with Gasteiger partial charge in [0.15, 0.2) is 10.8 Å². The van der Waals surface area contributed by atoms with Crippen molar-refractivity contribution in [3.05, 3.63) is 86.6 Å². The lowest BCUT2D eigenvalue weighted by molar-refractivity contribution is -0.137. The fourth-order valence-electron chi connectivity index (χ4n) is 3.19. The normalized spacial score (nSPS) is 11.6. The van der Waals surface area contributed by atoms with Gasteiger partial charge in [0.2, 0.25) is 0 Å². The third-order valence-electron chi connectivity index (χ3n) is 4.92. The summed E-state index contributed by atoms with van der Waals surface area (Å²) in [4.78, 5) is 18.2. The predicted molar refractivity (Wildman–Crippen MR) is 120 cm³/mol. The van der Waals surface area contributed by atoms with Crippen LogP contribution in [0.5, 0.6) is 0 Å². The number of hydrogen-bond donors (Lipinski definition) is 1. The number of nitrogens with one attached hydrogen (secondary N) is 1. The summed E-state index contributed by atoms with van der Waals surface area (Å²) in [5.74, 6) is -0.544. The van der Waals surface area contributed by atoms with Gasteiger partial charge in [0.05, 0.1) is 22.6 Å². The molecule has 4 aromatic rings. The minimum atomic E-state index is -4.49. The number of rotatable bonds is 5. The molecular weight excluding hydrogens is 475 g/mol. The standard InChI is InChI=1S/C22H17ClF3N5OS/c1-12-18(10-14-6-8-16(23)9-7-14)33-21(27-12)28-20(32)19-13(2)31(30-29-19)17-5-3-4-15(11-17)22(24,25)26/h3-9,11H,10H2,1-2H3,(H,27,28,32). The van der Waals surface area contributed by atoms with Crippen molar-refractivity contribution in [3.63, 3.8) is 0 Å². The molecule has 2 aromatic heterocycles. The van der Waals surface area contributed by atoms with Gasteiger partial charge in [-0.3, -0.25) is 10.1 Å². The monoisotopic (exact) mass is 491 g/mol. The summed E-state index contributed by atoms with van der Waals surface area (Å²) in [6.07, 6.45) is -3.85. The van der Waals surface area contributed by atoms with Crippen LogP contribution >= 0.6 is 22.9 Å². The summed E-state index contributed by atoms with van der Waals surface area (Å²) in [6, 6.07) is 12.1. The highest BCUT2D eigenvalue weighted by molar-refractivity contribution is 7.15. The molecule has 0 bridgehead atoms. The first-order valence-electron chi connectivity index (χ1n) is 9.74. The number of amides is 1. The van der Waals surface area contributed by atoms with Crippen LogP contribution in [0.2, 0.25) is 5.02 Å². The smallest absolute Gasteiger partial charge is 0.296 e. The van der Waals surface area contributed by atoms with E-state index >= 15 is 0 Å². The molecule has 4 rings (SSSR count). The van der Waals surface area contributed by atoms with Gasteiger partial charge in [-0.2, -0.15) is 13.2 Å². The van der Waals surface area contributed by atoms with Crippen molar-refractivity contribution >= 4 is 34.0 Å². The second-order valence-electron chi connectivity index (χ2n) is 7.27. The van der Waals surface area contributed by atoms with E-state index in [0.717, 1.165) is 28.3 Å². The molecule has 0 radical (unpaired) electrons. The van der Waals surface area contributed by atoms with Crippen molar-refractivity contribution in [3.8, 4) is 5.69 Å². The number of nitrogens with zero attached hydrogens (tertiary/aromatic N) is 4. The van der Waals surface area contributed by atoms with E-state index in [0.29, 0.717) is 22.3 Å². The molecule has 33 heavy (non-hydrogen) atoms. The van der Waals surface area contributed by atoms with Crippen molar-refractivity contribution in [1.29, 1.82) is 0 Å². The van der Waals surface area contributed by atoms with Gasteiger partial charge in [0.25, 0.3) is 5.91 Å². The summed E-state index contributed by atoms with van der Waals surface area (Å²) in [5.41, 5.74) is 1.50. The Bertz CT molecular complexity index is 1310. The zero-order valence-electron chi connectivity index (χ0n) is 17.4. The molecule has 0 saturated carbocycles. The van der Waals surface area contributed by atoms with Crippen LogP contribution in [0, 0.1) is 13.8 Å². The van der Waals surface area contributed by atoms with Crippen LogP contribution in [-0.2, 0) is 12.6 Å². The highest BCUT2D eigenvalue weighted by Gasteiger charge is 2.31. The molecule has 0 atom stereocenters. The molecule has 0 aliphatic rings. The van der Waals surface area contributed by atoms with Crippen LogP contribution in [0.3, 0.4) is 0 Å². The molecule has 6 nitrogen and oxygen atoms in total. The van der Waals surface area contributed by atoms with E-state index in [9.17, 15) is 18.0 Å². The van der Waals surface area contributed by atoms with Crippen molar-refractivity contribution in [2.45, 2.75) is 26.4 Å². The highest BCUT2D eigenvalue weighted by Crippen LogP contribution is 2.31. The maximum atomic E-state index is 13.0. The lowest BCUT2D eigenvalue weighted by Crippen LogP contribution is -2.14. The van der Waals surface area contributed by atoms with Gasteiger partial charge in [0.1, 0.15) is 0 Å². The second-order valence-corrected chi connectivity index (χ2v) is 8.79. The largest absolute Gasteiger partial charge is 0.416 e. The van der Waals surface area contributed by atoms with Gasteiger partial charge in [-0.05, 0) is 49.7 Å². The number of carbonyl (C=O) groups excluding carboxylic acids is 1. The van der Waals surface area contributed by atoms with E-state index in [2.05, 4.69) is 20.6 Å². The van der Waals surface area contributed by atoms with Crippen LogP contribution < -0.4 is 5.32 Å². The van der Waals surface area contributed by atoms with E-state index in [1.165, 1.54) is 28.2 Å². The first-order chi connectivity index (χ1) is 15.6. The van der Waals surface area contributed by atoms with Crippen molar-refractivity contribution < 1.29 is 18.0 Å². The molecule has 1 N–H and O–H groups in total. The van der Waals surface area contributed by atoms with E-state index < -0.39 is 17.6 Å². The van der Waals surface area contributed by atoms with Crippen molar-refractivity contribution in [2.75, 3.05) is 5.32 Å². The fourth-order valence-corrected chi connectivity index (χ4v) is 4.31. The highest BCUT2D eigenvalue weighted by atomic mass is 35.5. The zero-order valence-corrected chi connectivity index (χ0v) is 19.0. The van der Waals surface area contributed by atoms with Gasteiger partial charge in [-0.25, -0.2) is 9.67 Å². The van der Waals surface area contributed by atoms with Crippen LogP contribution in [0.1, 0.15) is 37.9 Å². The van der Waals surface area contributed by atoms with E-state index in [-0.39, 0.29) is 11.4 Å². The predicted octanol–water partition coefficient (Wildman–Crippen LogP) is 5.86. The molecular formula is C22H17ClF3N5OS. The Hall–Kier alpha value is -3.24. The first kappa shape index (κ1) is 22.9. The van der Waals surface area contributed by atoms with Gasteiger partial charge < -0.3 is 0 Å². The van der Waals surface area contributed by atoms with Gasteiger partial charge in [-0.1, -0.05) is 35.0 Å². The van der Waals surface area contributed by atoms with E-state index in [1.807, 2.05) is 31.2 Å². The third-order valence-corrected chi connectivity index (χ3v) is 6.24. The molecule has 0 spiro atoms. The lowest BCUT2D eigenvalue weighted by Gasteiger charge is -2.09. The van der Waals surface area contributed by atoms with Crippen LogP contribution in [0.4, 0.5) is 18.3 Å². The Labute approximate surface area is 196 Å². The Morgan fingerprint density at radius 1 is 1.15 bits per heavy atom. The average molecular weight is 492 g/mol. The topological polar surface area (TPSA) is 72.7 Å². The summed E-state index contributed by atoms with van der Waals surface area (Å²) >= 11 is 7.27. The average Bonchev–Trinajstić information content (AvgIpc) is 3.31. The van der Waals surface area contributed by atoms with Crippen molar-refractivity contribution in [2.24, 2.45) is 0 Å². The molecule has 0 aliphatic carbocycles. The van der Waals surface area contributed by atoms with Crippen molar-refractivity contribution in [1.82, 2.24) is 20.0 Å². The van der Waals surface area contributed by atoms with E-state index in [4.69, 9.17) is 11.6 Å². The Kier molecular flexibility index (Phi) is 6.22. The number of aromatic nitrogens is 4. The number of aryl methyl sites for hydroxylation is 1. The number of hydrogen-bond acceptors (Lipinski definition) is 5. The summed E-state index contributed by atoms with van der Waals surface area (Å²) in [6.45, 7) is 3.42. The zero-order chi connectivity index (χ0) is 23.8. The Morgan fingerprint density at radius 3 is 2.58 bits per heavy atom. The number of halogens is 4. The summed E-state index contributed by atoms with van der Waals surface area (Å²) in [7, 11) is 0. The number of benzene rings is 2. The third kappa shape index (κ3) is 5.07. The summed E-state index contributed by atoms with van der Waals surface area (Å²) in [5, 5.41) is 11.5. The SMILES string of the molecule is Cc1nc(NC(=O)c2nnn(-c3cccc(C(F)(F)F)c3)c2C)sc1Cc1ccc(Cl)cc1. The fraction of sp³-hybridized carbons (Fsp3) is 0.182. The number of thiazole rings is 1. The molecule has 11 heteroatoms. The molecule has 0 fully saturated rings. The molecule has 0 aliphatic heterocycles. The minimum absolute atomic E-state index is 0.000448. The van der Waals surface area contributed by atoms with Crippen LogP contribution in [-0.4, -0.2) is 25.9 Å². The number of carbonyl (C=O) groups is 1. The summed E-state index contributed by atoms with van der Waals surface area (Å²) < 4.78 is 40.3. The van der Waals surface area contributed by atoms with E-state index in [1.54, 1.807) is 6.92 Å². The Morgan fingerprint density at radius 2 is 1.88 bits per heavy atom. The van der Waals surface area contributed by atoms with Crippen LogP contribution in [0.25, 0.3) is 5.69 Å². The molecule has 0 unspecified atom stereocenters. The molecule has 2 heterocycles. The first-order valence-corrected chi connectivity index (χ1v) is 10.9. The van der Waals surface area contributed by atoms with Gasteiger partial charge >= 0.3 is 6.18 Å². The molecule has 170 valence electrons. The molecule has 0 saturated heterocycles. The second kappa shape index (κ2) is 8.95. The lowest BCUT2D eigenvalue weighted by atomic mass is 10.1. The van der Waals surface area contributed by atoms with Crippen LogP contribution in [0.15, 0.2) is 48.5 Å².